The molecule has 0 saturated carbocycles. The summed E-state index contributed by atoms with van der Waals surface area (Å²) in [7, 11) is 1.66. The summed E-state index contributed by atoms with van der Waals surface area (Å²) in [5.74, 6) is 0.754. The van der Waals surface area contributed by atoms with Gasteiger partial charge in [-0.1, -0.05) is 19.1 Å². The molecule has 0 aromatic heterocycles. The van der Waals surface area contributed by atoms with Gasteiger partial charge in [-0.25, -0.2) is 0 Å². The molecule has 0 spiro atoms. The predicted octanol–water partition coefficient (Wildman–Crippen LogP) is 2.10. The van der Waals surface area contributed by atoms with E-state index in [1.807, 2.05) is 38.1 Å². The highest BCUT2D eigenvalue weighted by Crippen LogP contribution is 2.15. The lowest BCUT2D eigenvalue weighted by Crippen LogP contribution is -2.46. The minimum Gasteiger partial charge on any atom is -0.491 e. The molecule has 0 aliphatic carbocycles. The summed E-state index contributed by atoms with van der Waals surface area (Å²) in [5, 5.41) is 12.2. The molecule has 0 bridgehead atoms. The van der Waals surface area contributed by atoms with Gasteiger partial charge in [-0.15, -0.1) is 0 Å². The van der Waals surface area contributed by atoms with Crippen molar-refractivity contribution in [2.24, 2.45) is 0 Å². The minimum absolute atomic E-state index is 0.313. The third-order valence-electron chi connectivity index (χ3n) is 2.55. The summed E-state index contributed by atoms with van der Waals surface area (Å²) in [6.07, 6.45) is 0. The number of methoxy groups -OCH3 is 1. The highest BCUT2D eigenvalue weighted by molar-refractivity contribution is 5.28. The molecule has 1 aromatic rings. The first-order valence-electron chi connectivity index (χ1n) is 6.00. The third-order valence-corrected chi connectivity index (χ3v) is 2.55. The van der Waals surface area contributed by atoms with Crippen molar-refractivity contribution in [1.29, 1.82) is 5.26 Å². The van der Waals surface area contributed by atoms with Crippen molar-refractivity contribution in [1.82, 2.24) is 5.32 Å². The SMILES string of the molecule is CCNC(C)(C#N)COc1cccc(COC)c1. The van der Waals surface area contributed by atoms with Crippen LogP contribution >= 0.6 is 0 Å². The average molecular weight is 248 g/mol. The highest BCUT2D eigenvalue weighted by atomic mass is 16.5. The molecular formula is C14H20N2O2. The molecule has 1 unspecified atom stereocenters. The van der Waals surface area contributed by atoms with Gasteiger partial charge < -0.3 is 9.47 Å². The van der Waals surface area contributed by atoms with E-state index in [0.717, 1.165) is 17.9 Å². The van der Waals surface area contributed by atoms with E-state index in [-0.39, 0.29) is 0 Å². The highest BCUT2D eigenvalue weighted by Gasteiger charge is 2.23. The molecule has 0 amide bonds. The fourth-order valence-electron chi connectivity index (χ4n) is 1.63. The largest absolute Gasteiger partial charge is 0.491 e. The van der Waals surface area contributed by atoms with Crippen molar-refractivity contribution >= 4 is 0 Å². The number of likely N-dealkylation sites (N-methyl/N-ethyl adjacent to an activating group) is 1. The zero-order valence-corrected chi connectivity index (χ0v) is 11.2. The van der Waals surface area contributed by atoms with Crippen LogP contribution in [0.4, 0.5) is 0 Å². The maximum atomic E-state index is 9.12. The second-order valence-electron chi connectivity index (χ2n) is 4.34. The van der Waals surface area contributed by atoms with Crippen LogP contribution in [0, 0.1) is 11.3 Å². The fraction of sp³-hybridized carbons (Fsp3) is 0.500. The second kappa shape index (κ2) is 7.00. The van der Waals surface area contributed by atoms with Gasteiger partial charge in [-0.2, -0.15) is 5.26 Å². The first-order valence-corrected chi connectivity index (χ1v) is 6.00. The number of rotatable bonds is 7. The van der Waals surface area contributed by atoms with E-state index in [9.17, 15) is 0 Å². The topological polar surface area (TPSA) is 54.3 Å². The quantitative estimate of drug-likeness (QED) is 0.803. The Balaban J connectivity index is 2.62. The van der Waals surface area contributed by atoms with Gasteiger partial charge in [0.2, 0.25) is 0 Å². The van der Waals surface area contributed by atoms with E-state index in [1.165, 1.54) is 0 Å². The maximum absolute atomic E-state index is 9.12. The summed E-state index contributed by atoms with van der Waals surface area (Å²) in [5.41, 5.74) is 0.392. The van der Waals surface area contributed by atoms with Gasteiger partial charge in [0.05, 0.1) is 12.7 Å². The maximum Gasteiger partial charge on any atom is 0.138 e. The van der Waals surface area contributed by atoms with Gasteiger partial charge in [-0.05, 0) is 31.2 Å². The van der Waals surface area contributed by atoms with Crippen LogP contribution in [0.15, 0.2) is 24.3 Å². The predicted molar refractivity (Wildman–Crippen MR) is 70.3 cm³/mol. The number of nitrogens with one attached hydrogen (secondary N) is 1. The van der Waals surface area contributed by atoms with Gasteiger partial charge in [0.15, 0.2) is 0 Å². The van der Waals surface area contributed by atoms with Crippen LogP contribution in [0.2, 0.25) is 0 Å². The molecule has 1 N–H and O–H groups in total. The summed E-state index contributed by atoms with van der Waals surface area (Å²) in [6.45, 7) is 5.40. The number of benzene rings is 1. The van der Waals surface area contributed by atoms with Gasteiger partial charge in [0.1, 0.15) is 17.9 Å². The van der Waals surface area contributed by atoms with Gasteiger partial charge in [0.25, 0.3) is 0 Å². The van der Waals surface area contributed by atoms with Gasteiger partial charge in [0, 0.05) is 7.11 Å². The van der Waals surface area contributed by atoms with E-state index < -0.39 is 5.54 Å². The second-order valence-corrected chi connectivity index (χ2v) is 4.34. The van der Waals surface area contributed by atoms with Crippen LogP contribution in [-0.4, -0.2) is 25.8 Å². The number of hydrogen-bond acceptors (Lipinski definition) is 4. The molecule has 0 aliphatic heterocycles. The Labute approximate surface area is 109 Å². The molecular weight excluding hydrogens is 228 g/mol. The van der Waals surface area contributed by atoms with E-state index in [0.29, 0.717) is 13.2 Å². The molecule has 98 valence electrons. The number of ether oxygens (including phenoxy) is 2. The first-order chi connectivity index (χ1) is 8.63. The molecule has 18 heavy (non-hydrogen) atoms. The Morgan fingerprint density at radius 2 is 2.22 bits per heavy atom. The minimum atomic E-state index is -0.661. The fourth-order valence-corrected chi connectivity index (χ4v) is 1.63. The number of nitrogens with zero attached hydrogens (tertiary/aromatic N) is 1. The van der Waals surface area contributed by atoms with Crippen molar-refractivity contribution in [2.75, 3.05) is 20.3 Å². The standard InChI is InChI=1S/C14H20N2O2/c1-4-16-14(2,10-15)11-18-13-7-5-6-12(8-13)9-17-3/h5-8,16H,4,9,11H2,1-3H3. The lowest BCUT2D eigenvalue weighted by Gasteiger charge is -2.22. The summed E-state index contributed by atoms with van der Waals surface area (Å²) in [4.78, 5) is 0. The molecule has 0 heterocycles. The Morgan fingerprint density at radius 1 is 1.44 bits per heavy atom. The normalized spacial score (nSPS) is 13.7. The van der Waals surface area contributed by atoms with E-state index in [4.69, 9.17) is 14.7 Å². The molecule has 0 radical (unpaired) electrons. The van der Waals surface area contributed by atoms with Crippen molar-refractivity contribution < 1.29 is 9.47 Å². The molecule has 0 saturated heterocycles. The molecule has 0 fully saturated rings. The zero-order valence-electron chi connectivity index (χ0n) is 11.2. The van der Waals surface area contributed by atoms with Crippen molar-refractivity contribution in [2.45, 2.75) is 26.0 Å². The van der Waals surface area contributed by atoms with Crippen LogP contribution in [0.1, 0.15) is 19.4 Å². The number of nitriles is 1. The Kier molecular flexibility index (Phi) is 5.63. The van der Waals surface area contributed by atoms with Crippen LogP contribution in [0.5, 0.6) is 5.75 Å². The molecule has 1 atom stereocenters. The molecule has 1 aromatic carbocycles. The summed E-state index contributed by atoms with van der Waals surface area (Å²) >= 11 is 0. The molecule has 4 heteroatoms. The van der Waals surface area contributed by atoms with Crippen molar-refractivity contribution in [3.05, 3.63) is 29.8 Å². The monoisotopic (exact) mass is 248 g/mol. The van der Waals surface area contributed by atoms with Crippen LogP contribution < -0.4 is 10.1 Å². The third kappa shape index (κ3) is 4.36. The first kappa shape index (κ1) is 14.5. The Hall–Kier alpha value is -1.57. The van der Waals surface area contributed by atoms with Crippen molar-refractivity contribution in [3.8, 4) is 11.8 Å². The van der Waals surface area contributed by atoms with Gasteiger partial charge >= 0.3 is 0 Å². The van der Waals surface area contributed by atoms with E-state index in [1.54, 1.807) is 7.11 Å². The summed E-state index contributed by atoms with van der Waals surface area (Å²) in [6, 6.07) is 9.92. The molecule has 1 rings (SSSR count). The van der Waals surface area contributed by atoms with Crippen LogP contribution in [-0.2, 0) is 11.3 Å². The average Bonchev–Trinajstić information content (AvgIpc) is 2.38. The Bertz CT molecular complexity index is 415. The summed E-state index contributed by atoms with van der Waals surface area (Å²) < 4.78 is 10.7. The van der Waals surface area contributed by atoms with Crippen LogP contribution in [0.25, 0.3) is 0 Å². The smallest absolute Gasteiger partial charge is 0.138 e. The molecule has 4 nitrogen and oxygen atoms in total. The molecule has 0 aliphatic rings. The van der Waals surface area contributed by atoms with E-state index >= 15 is 0 Å². The lowest BCUT2D eigenvalue weighted by atomic mass is 10.1. The van der Waals surface area contributed by atoms with Crippen molar-refractivity contribution in [3.63, 3.8) is 0 Å². The Morgan fingerprint density at radius 3 is 2.83 bits per heavy atom. The van der Waals surface area contributed by atoms with Crippen LogP contribution in [0.3, 0.4) is 0 Å². The van der Waals surface area contributed by atoms with Gasteiger partial charge in [-0.3, -0.25) is 5.32 Å². The number of hydrogen-bond donors (Lipinski definition) is 1. The van der Waals surface area contributed by atoms with E-state index in [2.05, 4.69) is 11.4 Å². The lowest BCUT2D eigenvalue weighted by molar-refractivity contribution is 0.184. The zero-order chi connectivity index (χ0) is 13.4.